The first kappa shape index (κ1) is 30.1. The molecule has 3 aromatic rings. The van der Waals surface area contributed by atoms with E-state index in [1.165, 1.54) is 0 Å². The molecule has 222 valence electrons. The second-order valence-electron chi connectivity index (χ2n) is 12.1. The number of pyridine rings is 1. The summed E-state index contributed by atoms with van der Waals surface area (Å²) in [6.45, 7) is 11.1. The normalized spacial score (nSPS) is 17.9. The number of urea groups is 1. The van der Waals surface area contributed by atoms with Crippen molar-refractivity contribution in [1.29, 1.82) is 0 Å². The van der Waals surface area contributed by atoms with Gasteiger partial charge in [-0.3, -0.25) is 4.98 Å². The SMILES string of the molecule is CC(C)NC(=O)N(Cc1ccc(Cl)cc1)[C@H]1CCN(CCC=C2c3cc(C(C)(C)O)ccc3OCc3ncccc32)C1. The fraction of sp³-hybridized carbons (Fsp3) is 0.412. The zero-order chi connectivity index (χ0) is 29.9. The highest BCUT2D eigenvalue weighted by atomic mass is 35.5. The van der Waals surface area contributed by atoms with Gasteiger partial charge in [0.2, 0.25) is 0 Å². The summed E-state index contributed by atoms with van der Waals surface area (Å²) in [7, 11) is 0. The summed E-state index contributed by atoms with van der Waals surface area (Å²) in [6.07, 6.45) is 5.83. The number of hydrogen-bond acceptors (Lipinski definition) is 5. The van der Waals surface area contributed by atoms with E-state index >= 15 is 0 Å². The molecule has 5 rings (SSSR count). The minimum absolute atomic E-state index is 0.0318. The van der Waals surface area contributed by atoms with Crippen LogP contribution in [0, 0.1) is 0 Å². The summed E-state index contributed by atoms with van der Waals surface area (Å²) in [5, 5.41) is 14.5. The van der Waals surface area contributed by atoms with Crippen LogP contribution in [0.2, 0.25) is 5.02 Å². The van der Waals surface area contributed by atoms with Crippen LogP contribution in [-0.4, -0.2) is 57.6 Å². The maximum Gasteiger partial charge on any atom is 0.318 e. The molecule has 7 nitrogen and oxygen atoms in total. The fourth-order valence-electron chi connectivity index (χ4n) is 5.70. The number of hydrogen-bond donors (Lipinski definition) is 2. The quantitative estimate of drug-likeness (QED) is 0.320. The van der Waals surface area contributed by atoms with Crippen molar-refractivity contribution in [2.75, 3.05) is 19.6 Å². The van der Waals surface area contributed by atoms with E-state index in [1.807, 2.05) is 67.3 Å². The van der Waals surface area contributed by atoms with E-state index in [2.05, 4.69) is 27.3 Å². The van der Waals surface area contributed by atoms with Crippen molar-refractivity contribution < 1.29 is 14.6 Å². The maximum absolute atomic E-state index is 13.2. The van der Waals surface area contributed by atoms with Gasteiger partial charge in [-0.2, -0.15) is 0 Å². The van der Waals surface area contributed by atoms with Crippen molar-refractivity contribution in [3.8, 4) is 5.75 Å². The number of likely N-dealkylation sites (tertiary alicyclic amines) is 1. The van der Waals surface area contributed by atoms with Gasteiger partial charge in [0, 0.05) is 60.6 Å². The first-order chi connectivity index (χ1) is 20.1. The number of carbonyl (C=O) groups is 1. The van der Waals surface area contributed by atoms with Gasteiger partial charge < -0.3 is 25.0 Å². The Kier molecular flexibility index (Phi) is 9.21. The van der Waals surface area contributed by atoms with Crippen LogP contribution in [0.25, 0.3) is 5.57 Å². The van der Waals surface area contributed by atoms with Gasteiger partial charge in [-0.1, -0.05) is 41.9 Å². The van der Waals surface area contributed by atoms with E-state index in [0.29, 0.717) is 18.2 Å². The van der Waals surface area contributed by atoms with Gasteiger partial charge in [0.25, 0.3) is 0 Å². The van der Waals surface area contributed by atoms with E-state index in [4.69, 9.17) is 16.3 Å². The Hall–Kier alpha value is -3.39. The van der Waals surface area contributed by atoms with E-state index in [0.717, 1.165) is 71.7 Å². The Balaban J connectivity index is 1.33. The molecule has 1 fully saturated rings. The monoisotopic (exact) mass is 588 g/mol. The molecule has 0 aliphatic carbocycles. The fourth-order valence-corrected chi connectivity index (χ4v) is 5.83. The number of aliphatic hydroxyl groups is 1. The lowest BCUT2D eigenvalue weighted by Gasteiger charge is -2.30. The number of aromatic nitrogens is 1. The van der Waals surface area contributed by atoms with Crippen molar-refractivity contribution in [3.63, 3.8) is 0 Å². The number of rotatable bonds is 8. The molecule has 2 aliphatic heterocycles. The smallest absolute Gasteiger partial charge is 0.318 e. The van der Waals surface area contributed by atoms with Crippen LogP contribution >= 0.6 is 11.6 Å². The van der Waals surface area contributed by atoms with Crippen molar-refractivity contribution in [2.24, 2.45) is 0 Å². The predicted octanol–water partition coefficient (Wildman–Crippen LogP) is 6.37. The maximum atomic E-state index is 13.2. The van der Waals surface area contributed by atoms with Gasteiger partial charge in [0.15, 0.2) is 0 Å². The van der Waals surface area contributed by atoms with Crippen molar-refractivity contribution in [3.05, 3.63) is 99.8 Å². The molecule has 2 amide bonds. The number of nitrogens with one attached hydrogen (secondary N) is 1. The molecule has 2 aliphatic rings. The Labute approximate surface area is 254 Å². The number of benzene rings is 2. The van der Waals surface area contributed by atoms with E-state index in [9.17, 15) is 9.90 Å². The lowest BCUT2D eigenvalue weighted by atomic mass is 9.90. The highest BCUT2D eigenvalue weighted by molar-refractivity contribution is 6.30. The third kappa shape index (κ3) is 7.14. The Morgan fingerprint density at radius 2 is 2.00 bits per heavy atom. The van der Waals surface area contributed by atoms with E-state index in [1.54, 1.807) is 20.0 Å². The van der Waals surface area contributed by atoms with Gasteiger partial charge in [-0.05, 0) is 87.6 Å². The molecule has 8 heteroatoms. The van der Waals surface area contributed by atoms with Gasteiger partial charge in [0.05, 0.1) is 11.3 Å². The number of halogens is 1. The van der Waals surface area contributed by atoms with Crippen molar-refractivity contribution >= 4 is 23.2 Å². The van der Waals surface area contributed by atoms with Gasteiger partial charge in [-0.25, -0.2) is 4.79 Å². The van der Waals surface area contributed by atoms with Crippen LogP contribution in [-0.2, 0) is 18.8 Å². The van der Waals surface area contributed by atoms with Crippen LogP contribution < -0.4 is 10.1 Å². The third-order valence-electron chi connectivity index (χ3n) is 7.94. The summed E-state index contributed by atoms with van der Waals surface area (Å²) >= 11 is 6.10. The average Bonchev–Trinajstić information content (AvgIpc) is 3.35. The second-order valence-corrected chi connectivity index (χ2v) is 12.5. The molecule has 0 bridgehead atoms. The van der Waals surface area contributed by atoms with Gasteiger partial charge in [-0.15, -0.1) is 0 Å². The first-order valence-electron chi connectivity index (χ1n) is 14.8. The van der Waals surface area contributed by atoms with Crippen LogP contribution in [0.1, 0.15) is 68.5 Å². The van der Waals surface area contributed by atoms with Crippen LogP contribution in [0.3, 0.4) is 0 Å². The summed E-state index contributed by atoms with van der Waals surface area (Å²) in [5.41, 5.74) is 4.95. The Bertz CT molecular complexity index is 1430. The minimum atomic E-state index is -0.964. The Morgan fingerprint density at radius 1 is 1.21 bits per heavy atom. The number of carbonyl (C=O) groups excluding carboxylic acids is 1. The number of nitrogens with zero attached hydrogens (tertiary/aromatic N) is 3. The number of amides is 2. The summed E-state index contributed by atoms with van der Waals surface area (Å²) < 4.78 is 6.15. The number of fused-ring (bicyclic) bond motifs is 2. The molecule has 1 aromatic heterocycles. The highest BCUT2D eigenvalue weighted by Crippen LogP contribution is 2.38. The summed E-state index contributed by atoms with van der Waals surface area (Å²) in [5.74, 6) is 0.794. The molecule has 42 heavy (non-hydrogen) atoms. The molecular weight excluding hydrogens is 548 g/mol. The largest absolute Gasteiger partial charge is 0.487 e. The molecule has 1 saturated heterocycles. The topological polar surface area (TPSA) is 77.9 Å². The number of ether oxygens (including phenoxy) is 1. The zero-order valence-electron chi connectivity index (χ0n) is 24.9. The minimum Gasteiger partial charge on any atom is -0.487 e. The van der Waals surface area contributed by atoms with Crippen LogP contribution in [0.4, 0.5) is 4.79 Å². The van der Waals surface area contributed by atoms with Crippen LogP contribution in [0.15, 0.2) is 66.9 Å². The lowest BCUT2D eigenvalue weighted by molar-refractivity contribution is 0.0785. The lowest BCUT2D eigenvalue weighted by Crippen LogP contribution is -2.48. The first-order valence-corrected chi connectivity index (χ1v) is 15.1. The molecule has 2 N–H and O–H groups in total. The second kappa shape index (κ2) is 12.9. The van der Waals surface area contributed by atoms with E-state index in [-0.39, 0.29) is 18.1 Å². The summed E-state index contributed by atoms with van der Waals surface area (Å²) in [6, 6.07) is 17.8. The Morgan fingerprint density at radius 3 is 2.74 bits per heavy atom. The highest BCUT2D eigenvalue weighted by Gasteiger charge is 2.31. The van der Waals surface area contributed by atoms with Gasteiger partial charge in [0.1, 0.15) is 12.4 Å². The molecule has 0 unspecified atom stereocenters. The molecule has 0 saturated carbocycles. The van der Waals surface area contributed by atoms with Gasteiger partial charge >= 0.3 is 6.03 Å². The third-order valence-corrected chi connectivity index (χ3v) is 8.19. The predicted molar refractivity (Wildman–Crippen MR) is 167 cm³/mol. The molecule has 0 radical (unpaired) electrons. The van der Waals surface area contributed by atoms with Crippen LogP contribution in [0.5, 0.6) is 5.75 Å². The molecule has 0 spiro atoms. The molecule has 1 atom stereocenters. The molecule has 3 heterocycles. The van der Waals surface area contributed by atoms with E-state index < -0.39 is 5.60 Å². The molecular formula is C34H41ClN4O3. The van der Waals surface area contributed by atoms with Crippen molar-refractivity contribution in [2.45, 2.75) is 71.4 Å². The van der Waals surface area contributed by atoms with Crippen molar-refractivity contribution in [1.82, 2.24) is 20.1 Å². The summed E-state index contributed by atoms with van der Waals surface area (Å²) in [4.78, 5) is 22.2. The standard InChI is InChI=1S/C34H41ClN4O3/c1-23(2)37-33(40)39(20-24-9-12-26(35)13-10-24)27-15-18-38(21-27)17-6-8-28-29-7-5-16-36-31(29)22-42-32-14-11-25(19-30(28)32)34(3,4)41/h5,7-14,16,19,23,27,41H,6,15,17-18,20-22H2,1-4H3,(H,37,40)/t27-/m0/s1. The zero-order valence-corrected chi connectivity index (χ0v) is 25.7. The molecule has 2 aromatic carbocycles. The average molecular weight is 589 g/mol.